The van der Waals surface area contributed by atoms with Gasteiger partial charge in [-0.2, -0.15) is 26.3 Å². The maximum absolute atomic E-state index is 13.9. The van der Waals surface area contributed by atoms with E-state index in [1.165, 1.54) is 48.0 Å². The number of para-hydroxylation sites is 2. The Morgan fingerprint density at radius 1 is 0.594 bits per heavy atom. The number of amides is 2. The molecule has 8 rings (SSSR count). The lowest BCUT2D eigenvalue weighted by atomic mass is 10.1. The summed E-state index contributed by atoms with van der Waals surface area (Å²) in [6, 6.07) is 34.5. The molecule has 0 saturated heterocycles. The largest absolute Gasteiger partial charge is 0.493 e. The number of halogens is 6. The summed E-state index contributed by atoms with van der Waals surface area (Å²) in [4.78, 5) is 29.5. The standard InChI is InChI=1S/C23H18F3NO5S.C23H18F3NO3S/c1-31-19-12-16(22(28)27-14-33(29,30)20-10-6-5-9-18(20)27)11-17(23(24,25)26)21(19)32-13-15-7-3-2-4-8-15;1-29-19-12-16(22(28)27-14-31-20-10-6-5-9-18(20)27)11-17(23(24,25)26)21(19)30-13-15-7-3-2-4-8-15/h2-12H,13-14H2,1H3;2-12H,13-14H2,1H3. The topological polar surface area (TPSA) is 112 Å². The summed E-state index contributed by atoms with van der Waals surface area (Å²) in [5.41, 5.74) is -0.599. The van der Waals surface area contributed by atoms with Crippen molar-refractivity contribution < 1.29 is 63.3 Å². The zero-order valence-corrected chi connectivity index (χ0v) is 35.4. The van der Waals surface area contributed by atoms with Crippen LogP contribution in [-0.4, -0.2) is 46.2 Å². The van der Waals surface area contributed by atoms with E-state index in [-0.39, 0.29) is 46.4 Å². The molecule has 2 aliphatic rings. The third-order valence-corrected chi connectivity index (χ3v) is 12.5. The predicted molar refractivity (Wildman–Crippen MR) is 227 cm³/mol. The fourth-order valence-electron chi connectivity index (χ4n) is 6.84. The lowest BCUT2D eigenvalue weighted by Gasteiger charge is -2.21. The number of hydrogen-bond acceptors (Lipinski definition) is 9. The first kappa shape index (κ1) is 45.4. The number of carbonyl (C=O) groups is 2. The lowest BCUT2D eigenvalue weighted by molar-refractivity contribution is -0.140. The van der Waals surface area contributed by atoms with Crippen molar-refractivity contribution in [3.05, 3.63) is 167 Å². The third kappa shape index (κ3) is 9.77. The van der Waals surface area contributed by atoms with Crippen molar-refractivity contribution in [1.29, 1.82) is 0 Å². The number of hydrogen-bond donors (Lipinski definition) is 0. The van der Waals surface area contributed by atoms with Gasteiger partial charge in [0.25, 0.3) is 11.8 Å². The molecule has 2 amide bonds. The van der Waals surface area contributed by atoms with Gasteiger partial charge in [0, 0.05) is 16.0 Å². The smallest absolute Gasteiger partial charge is 0.420 e. The van der Waals surface area contributed by atoms with E-state index in [9.17, 15) is 44.3 Å². The van der Waals surface area contributed by atoms with E-state index in [0.717, 1.165) is 29.0 Å². The van der Waals surface area contributed by atoms with Gasteiger partial charge in [-0.25, -0.2) is 8.42 Å². The molecule has 0 radical (unpaired) electrons. The van der Waals surface area contributed by atoms with Crippen LogP contribution in [0.3, 0.4) is 0 Å². The second kappa shape index (κ2) is 18.6. The first-order valence-electron chi connectivity index (χ1n) is 19.1. The molecule has 0 aromatic heterocycles. The van der Waals surface area contributed by atoms with E-state index < -0.39 is 62.5 Å². The Kier molecular flexibility index (Phi) is 13.2. The van der Waals surface area contributed by atoms with Crippen LogP contribution in [0.2, 0.25) is 0 Å². The van der Waals surface area contributed by atoms with Gasteiger partial charge in [-0.1, -0.05) is 84.9 Å². The van der Waals surface area contributed by atoms with Crippen molar-refractivity contribution >= 4 is 44.8 Å². The molecular weight excluding hydrogens is 887 g/mol. The number of alkyl halides is 6. The Balaban J connectivity index is 0.000000192. The monoisotopic (exact) mass is 922 g/mol. The molecule has 0 spiro atoms. The van der Waals surface area contributed by atoms with E-state index in [1.54, 1.807) is 78.9 Å². The van der Waals surface area contributed by atoms with Crippen molar-refractivity contribution in [3.8, 4) is 23.0 Å². The number of carbonyl (C=O) groups excluding carboxylic acids is 2. The van der Waals surface area contributed by atoms with Crippen LogP contribution >= 0.6 is 11.8 Å². The molecule has 2 heterocycles. The van der Waals surface area contributed by atoms with Crippen LogP contribution in [0.4, 0.5) is 37.7 Å². The summed E-state index contributed by atoms with van der Waals surface area (Å²) in [7, 11) is -1.37. The van der Waals surface area contributed by atoms with Crippen LogP contribution in [-0.2, 0) is 35.4 Å². The summed E-state index contributed by atoms with van der Waals surface area (Å²) in [6.45, 7) is -0.213. The predicted octanol–water partition coefficient (Wildman–Crippen LogP) is 10.7. The fraction of sp³-hybridized carbons (Fsp3) is 0.174. The maximum atomic E-state index is 13.9. The van der Waals surface area contributed by atoms with E-state index in [4.69, 9.17) is 18.9 Å². The number of fused-ring (bicyclic) bond motifs is 2. The number of benzene rings is 6. The SMILES string of the molecule is COc1cc(C(=O)N2CS(=O)(=O)c3ccccc32)cc(C(F)(F)F)c1OCc1ccccc1.COc1cc(C(=O)N2CSc3ccccc32)cc(C(F)(F)F)c1OCc1ccccc1. The second-order valence-electron chi connectivity index (χ2n) is 14.1. The number of ether oxygens (including phenoxy) is 4. The second-order valence-corrected chi connectivity index (χ2v) is 17.0. The highest BCUT2D eigenvalue weighted by Gasteiger charge is 2.41. The summed E-state index contributed by atoms with van der Waals surface area (Å²) < 4.78 is 129. The fourth-order valence-corrected chi connectivity index (χ4v) is 9.38. The van der Waals surface area contributed by atoms with E-state index >= 15 is 0 Å². The highest BCUT2D eigenvalue weighted by molar-refractivity contribution is 8.00. The molecule has 0 aliphatic carbocycles. The van der Waals surface area contributed by atoms with Crippen LogP contribution in [0.1, 0.15) is 43.0 Å². The van der Waals surface area contributed by atoms with Crippen molar-refractivity contribution in [3.63, 3.8) is 0 Å². The van der Waals surface area contributed by atoms with Gasteiger partial charge in [-0.3, -0.25) is 19.4 Å². The molecule has 2 aliphatic heterocycles. The average molecular weight is 923 g/mol. The van der Waals surface area contributed by atoms with Gasteiger partial charge >= 0.3 is 12.4 Å². The minimum atomic E-state index is -4.86. The molecule has 0 atom stereocenters. The van der Waals surface area contributed by atoms with Gasteiger partial charge in [0.05, 0.1) is 36.4 Å². The Hall–Kier alpha value is -6.66. The molecule has 332 valence electrons. The number of sulfone groups is 1. The van der Waals surface area contributed by atoms with Crippen molar-refractivity contribution in [2.45, 2.75) is 35.4 Å². The van der Waals surface area contributed by atoms with E-state index in [2.05, 4.69) is 0 Å². The van der Waals surface area contributed by atoms with Crippen LogP contribution in [0.15, 0.2) is 143 Å². The molecule has 0 fully saturated rings. The highest BCUT2D eigenvalue weighted by Crippen LogP contribution is 2.46. The zero-order chi connectivity index (χ0) is 45.8. The Morgan fingerprint density at radius 3 is 1.52 bits per heavy atom. The van der Waals surface area contributed by atoms with Gasteiger partial charge in [0.15, 0.2) is 32.8 Å². The summed E-state index contributed by atoms with van der Waals surface area (Å²) >= 11 is 1.45. The molecule has 0 unspecified atom stereocenters. The number of thioether (sulfide) groups is 1. The molecule has 6 aromatic rings. The van der Waals surface area contributed by atoms with Gasteiger partial charge in [0.1, 0.15) is 30.2 Å². The maximum Gasteiger partial charge on any atom is 0.420 e. The first-order chi connectivity index (χ1) is 30.5. The summed E-state index contributed by atoms with van der Waals surface area (Å²) in [5.74, 6) is -3.20. The molecule has 0 bridgehead atoms. The number of nitrogens with zero attached hydrogens (tertiary/aromatic N) is 2. The van der Waals surface area contributed by atoms with Crippen LogP contribution in [0.5, 0.6) is 23.0 Å². The van der Waals surface area contributed by atoms with Gasteiger partial charge in [0.2, 0.25) is 0 Å². The van der Waals surface area contributed by atoms with Crippen molar-refractivity contribution in [1.82, 2.24) is 0 Å². The molecule has 18 heteroatoms. The number of anilines is 2. The third-order valence-electron chi connectivity index (χ3n) is 9.89. The molecular formula is C46H36F6N2O8S2. The first-order valence-corrected chi connectivity index (χ1v) is 21.7. The molecule has 0 saturated carbocycles. The zero-order valence-electron chi connectivity index (χ0n) is 33.8. The normalized spacial score (nSPS) is 13.9. The van der Waals surface area contributed by atoms with Crippen molar-refractivity contribution in [2.75, 3.05) is 35.8 Å². The lowest BCUT2D eigenvalue weighted by Crippen LogP contribution is -2.30. The Morgan fingerprint density at radius 2 is 1.03 bits per heavy atom. The molecule has 0 N–H and O–H groups in total. The van der Waals surface area contributed by atoms with E-state index in [1.807, 2.05) is 12.1 Å². The minimum Gasteiger partial charge on any atom is -0.493 e. The van der Waals surface area contributed by atoms with Crippen molar-refractivity contribution in [2.24, 2.45) is 0 Å². The minimum absolute atomic E-state index is 0.0517. The van der Waals surface area contributed by atoms with Crippen LogP contribution in [0, 0.1) is 0 Å². The van der Waals surface area contributed by atoms with Crippen LogP contribution < -0.4 is 28.7 Å². The average Bonchev–Trinajstić information content (AvgIpc) is 3.85. The quantitative estimate of drug-likeness (QED) is 0.124. The highest BCUT2D eigenvalue weighted by atomic mass is 32.2. The Bertz CT molecular complexity index is 2790. The summed E-state index contributed by atoms with van der Waals surface area (Å²) in [6.07, 6.45) is -9.59. The summed E-state index contributed by atoms with van der Waals surface area (Å²) in [5, 5.41) is 0. The molecule has 10 nitrogen and oxygen atoms in total. The van der Waals surface area contributed by atoms with Gasteiger partial charge in [-0.05, 0) is 59.7 Å². The van der Waals surface area contributed by atoms with Gasteiger partial charge in [-0.15, -0.1) is 11.8 Å². The van der Waals surface area contributed by atoms with Gasteiger partial charge < -0.3 is 18.9 Å². The molecule has 64 heavy (non-hydrogen) atoms. The number of methoxy groups -OCH3 is 2. The number of rotatable bonds is 10. The van der Waals surface area contributed by atoms with Crippen LogP contribution in [0.25, 0.3) is 0 Å². The molecule has 6 aromatic carbocycles. The van der Waals surface area contributed by atoms with E-state index in [0.29, 0.717) is 28.8 Å². The Labute approximate surface area is 367 Å².